The lowest BCUT2D eigenvalue weighted by atomic mass is 10.1. The molecule has 8 heteroatoms. The fraction of sp³-hybridized carbons (Fsp3) is 0.294. The molecule has 130 valence electrons. The number of ether oxygens (including phenoxy) is 1. The first-order valence-corrected chi connectivity index (χ1v) is 7.82. The van der Waals surface area contributed by atoms with Gasteiger partial charge in [0.15, 0.2) is 0 Å². The minimum atomic E-state index is -0.207. The van der Waals surface area contributed by atoms with E-state index >= 15 is 0 Å². The molecule has 0 aliphatic carbocycles. The number of likely N-dealkylation sites (N-methyl/N-ethyl adjacent to an activating group) is 1. The molecule has 0 radical (unpaired) electrons. The van der Waals surface area contributed by atoms with Crippen LogP contribution in [0.1, 0.15) is 5.82 Å². The lowest BCUT2D eigenvalue weighted by molar-refractivity contribution is 0.408. The average molecular weight is 340 g/mol. The fourth-order valence-corrected chi connectivity index (χ4v) is 2.54. The molecule has 0 saturated carbocycles. The zero-order valence-corrected chi connectivity index (χ0v) is 14.4. The SMILES string of the molecule is COc1cc(-c2ccnc(N)n2)cc2c(=O)[nH]c(CCN(C)C)nc12. The molecule has 0 aliphatic heterocycles. The summed E-state index contributed by atoms with van der Waals surface area (Å²) in [5.74, 6) is 1.31. The number of rotatable bonds is 5. The van der Waals surface area contributed by atoms with Gasteiger partial charge in [0.05, 0.1) is 18.2 Å². The lowest BCUT2D eigenvalue weighted by Gasteiger charge is -2.11. The number of nitrogen functional groups attached to an aromatic ring is 1. The van der Waals surface area contributed by atoms with Crippen molar-refractivity contribution in [3.8, 4) is 17.0 Å². The van der Waals surface area contributed by atoms with Crippen molar-refractivity contribution in [3.05, 3.63) is 40.6 Å². The third-order valence-corrected chi connectivity index (χ3v) is 3.81. The highest BCUT2D eigenvalue weighted by Gasteiger charge is 2.13. The van der Waals surface area contributed by atoms with Crippen molar-refractivity contribution in [1.82, 2.24) is 24.8 Å². The van der Waals surface area contributed by atoms with E-state index in [0.717, 1.165) is 6.54 Å². The van der Waals surface area contributed by atoms with E-state index in [9.17, 15) is 4.79 Å². The summed E-state index contributed by atoms with van der Waals surface area (Å²) in [5.41, 5.74) is 7.30. The smallest absolute Gasteiger partial charge is 0.258 e. The van der Waals surface area contributed by atoms with Crippen LogP contribution in [-0.4, -0.2) is 52.6 Å². The van der Waals surface area contributed by atoms with Crippen LogP contribution in [0.15, 0.2) is 29.2 Å². The molecule has 0 unspecified atom stereocenters. The van der Waals surface area contributed by atoms with Gasteiger partial charge < -0.3 is 20.4 Å². The Hall–Kier alpha value is -3.00. The Morgan fingerprint density at radius 2 is 2.08 bits per heavy atom. The first-order valence-electron chi connectivity index (χ1n) is 7.82. The van der Waals surface area contributed by atoms with Gasteiger partial charge in [-0.15, -0.1) is 0 Å². The summed E-state index contributed by atoms with van der Waals surface area (Å²) in [4.78, 5) is 30.1. The van der Waals surface area contributed by atoms with Crippen molar-refractivity contribution >= 4 is 16.9 Å². The van der Waals surface area contributed by atoms with Gasteiger partial charge in [0, 0.05) is 24.7 Å². The molecule has 0 aliphatic rings. The number of fused-ring (bicyclic) bond motifs is 1. The number of nitrogens with two attached hydrogens (primary N) is 1. The number of nitrogens with one attached hydrogen (secondary N) is 1. The molecule has 0 bridgehead atoms. The number of nitrogens with zero attached hydrogens (tertiary/aromatic N) is 4. The molecule has 0 spiro atoms. The quantitative estimate of drug-likeness (QED) is 0.715. The monoisotopic (exact) mass is 340 g/mol. The van der Waals surface area contributed by atoms with Crippen LogP contribution >= 0.6 is 0 Å². The summed E-state index contributed by atoms with van der Waals surface area (Å²) < 4.78 is 5.46. The van der Waals surface area contributed by atoms with Gasteiger partial charge in [-0.1, -0.05) is 0 Å². The molecule has 0 fully saturated rings. The molecule has 3 rings (SSSR count). The normalized spacial score (nSPS) is 11.2. The Bertz CT molecular complexity index is 967. The lowest BCUT2D eigenvalue weighted by Crippen LogP contribution is -2.19. The Kier molecular flexibility index (Phi) is 4.62. The van der Waals surface area contributed by atoms with E-state index in [4.69, 9.17) is 10.5 Å². The van der Waals surface area contributed by atoms with Gasteiger partial charge in [0.25, 0.3) is 5.56 Å². The molecule has 25 heavy (non-hydrogen) atoms. The van der Waals surface area contributed by atoms with E-state index in [1.165, 1.54) is 0 Å². The van der Waals surface area contributed by atoms with E-state index in [2.05, 4.69) is 19.9 Å². The topological polar surface area (TPSA) is 110 Å². The van der Waals surface area contributed by atoms with Crippen LogP contribution in [0.2, 0.25) is 0 Å². The standard InChI is InChI=1S/C17H20N6O2/c1-23(2)7-5-14-21-15-11(16(24)22-14)8-10(9-13(15)25-3)12-4-6-19-17(18)20-12/h4,6,8-9H,5,7H2,1-3H3,(H2,18,19,20)(H,21,22,24). The summed E-state index contributed by atoms with van der Waals surface area (Å²) in [7, 11) is 5.49. The van der Waals surface area contributed by atoms with Gasteiger partial charge in [0.2, 0.25) is 5.95 Å². The number of hydrogen-bond donors (Lipinski definition) is 2. The molecule has 3 aromatic rings. The van der Waals surface area contributed by atoms with Crippen LogP contribution in [0.5, 0.6) is 5.75 Å². The van der Waals surface area contributed by atoms with Crippen molar-refractivity contribution in [2.75, 3.05) is 33.5 Å². The summed E-state index contributed by atoms with van der Waals surface area (Å²) in [6.07, 6.45) is 2.21. The maximum Gasteiger partial charge on any atom is 0.258 e. The highest BCUT2D eigenvalue weighted by Crippen LogP contribution is 2.29. The second-order valence-corrected chi connectivity index (χ2v) is 5.94. The average Bonchev–Trinajstić information content (AvgIpc) is 2.59. The van der Waals surface area contributed by atoms with Crippen molar-refractivity contribution < 1.29 is 4.74 Å². The molecule has 2 aromatic heterocycles. The van der Waals surface area contributed by atoms with Crippen LogP contribution in [0.3, 0.4) is 0 Å². The van der Waals surface area contributed by atoms with E-state index in [0.29, 0.717) is 40.2 Å². The largest absolute Gasteiger partial charge is 0.494 e. The van der Waals surface area contributed by atoms with E-state index in [-0.39, 0.29) is 11.5 Å². The van der Waals surface area contributed by atoms with Gasteiger partial charge >= 0.3 is 0 Å². The number of hydrogen-bond acceptors (Lipinski definition) is 7. The number of anilines is 1. The molecular formula is C17H20N6O2. The van der Waals surface area contributed by atoms with Crippen LogP contribution in [0.4, 0.5) is 5.95 Å². The Morgan fingerprint density at radius 1 is 1.28 bits per heavy atom. The fourth-order valence-electron chi connectivity index (χ4n) is 2.54. The molecular weight excluding hydrogens is 320 g/mol. The third kappa shape index (κ3) is 3.58. The van der Waals surface area contributed by atoms with Crippen LogP contribution in [-0.2, 0) is 6.42 Å². The molecule has 3 N–H and O–H groups in total. The molecule has 0 atom stereocenters. The van der Waals surface area contributed by atoms with Crippen molar-refractivity contribution in [3.63, 3.8) is 0 Å². The Balaban J connectivity index is 2.14. The second kappa shape index (κ2) is 6.86. The molecule has 0 saturated heterocycles. The Morgan fingerprint density at radius 3 is 2.76 bits per heavy atom. The minimum Gasteiger partial charge on any atom is -0.494 e. The summed E-state index contributed by atoms with van der Waals surface area (Å²) in [6, 6.07) is 5.26. The van der Waals surface area contributed by atoms with Gasteiger partial charge in [-0.05, 0) is 32.3 Å². The predicted octanol–water partition coefficient (Wildman–Crippen LogP) is 1.07. The van der Waals surface area contributed by atoms with Crippen molar-refractivity contribution in [2.45, 2.75) is 6.42 Å². The van der Waals surface area contributed by atoms with E-state index in [1.807, 2.05) is 19.0 Å². The number of methoxy groups -OCH3 is 1. The first kappa shape index (κ1) is 16.8. The van der Waals surface area contributed by atoms with Gasteiger partial charge in [-0.3, -0.25) is 4.79 Å². The predicted molar refractivity (Wildman–Crippen MR) is 96.6 cm³/mol. The van der Waals surface area contributed by atoms with E-state index < -0.39 is 0 Å². The van der Waals surface area contributed by atoms with Gasteiger partial charge in [-0.2, -0.15) is 0 Å². The third-order valence-electron chi connectivity index (χ3n) is 3.81. The second-order valence-electron chi connectivity index (χ2n) is 5.94. The van der Waals surface area contributed by atoms with Crippen molar-refractivity contribution in [1.29, 1.82) is 0 Å². The molecule has 8 nitrogen and oxygen atoms in total. The number of aromatic nitrogens is 4. The zero-order valence-electron chi connectivity index (χ0n) is 14.4. The molecule has 0 amide bonds. The van der Waals surface area contributed by atoms with E-state index in [1.54, 1.807) is 31.5 Å². The van der Waals surface area contributed by atoms with Crippen LogP contribution in [0, 0.1) is 0 Å². The number of H-pyrrole nitrogens is 1. The minimum absolute atomic E-state index is 0.169. The van der Waals surface area contributed by atoms with Gasteiger partial charge in [-0.25, -0.2) is 15.0 Å². The summed E-state index contributed by atoms with van der Waals surface area (Å²) >= 11 is 0. The maximum absolute atomic E-state index is 12.5. The maximum atomic E-state index is 12.5. The highest BCUT2D eigenvalue weighted by molar-refractivity contribution is 5.88. The molecule has 1 aromatic carbocycles. The van der Waals surface area contributed by atoms with Crippen LogP contribution < -0.4 is 16.0 Å². The number of aromatic amines is 1. The summed E-state index contributed by atoms with van der Waals surface area (Å²) in [6.45, 7) is 0.787. The van der Waals surface area contributed by atoms with Crippen molar-refractivity contribution in [2.24, 2.45) is 0 Å². The Labute approximate surface area is 144 Å². The van der Waals surface area contributed by atoms with Crippen LogP contribution in [0.25, 0.3) is 22.2 Å². The first-order chi connectivity index (χ1) is 12.0. The summed E-state index contributed by atoms with van der Waals surface area (Å²) in [5, 5.41) is 0.445. The zero-order chi connectivity index (χ0) is 18.0. The highest BCUT2D eigenvalue weighted by atomic mass is 16.5. The number of benzene rings is 1. The molecule has 2 heterocycles. The van der Waals surface area contributed by atoms with Gasteiger partial charge in [0.1, 0.15) is 17.1 Å².